The lowest BCUT2D eigenvalue weighted by Crippen LogP contribution is -2.34. The lowest BCUT2D eigenvalue weighted by Gasteiger charge is -2.28. The summed E-state index contributed by atoms with van der Waals surface area (Å²) < 4.78 is 13.3. The highest BCUT2D eigenvalue weighted by atomic mass is 19.1. The highest BCUT2D eigenvalue weighted by Gasteiger charge is 2.30. The topological polar surface area (TPSA) is 73.1 Å². The van der Waals surface area contributed by atoms with E-state index in [2.05, 4.69) is 5.32 Å². The summed E-state index contributed by atoms with van der Waals surface area (Å²) >= 11 is 0. The molecule has 21 heavy (non-hydrogen) atoms. The van der Waals surface area contributed by atoms with Crippen molar-refractivity contribution in [1.82, 2.24) is 5.32 Å². The van der Waals surface area contributed by atoms with Crippen molar-refractivity contribution in [3.05, 3.63) is 35.1 Å². The summed E-state index contributed by atoms with van der Waals surface area (Å²) in [5.41, 5.74) is 1.00. The summed E-state index contributed by atoms with van der Waals surface area (Å²) in [5.74, 6) is -1.31. The fourth-order valence-corrected chi connectivity index (χ4v) is 3.00. The van der Waals surface area contributed by atoms with Crippen LogP contribution in [0, 0.1) is 29.0 Å². The molecule has 0 spiro atoms. The van der Waals surface area contributed by atoms with E-state index in [-0.39, 0.29) is 11.8 Å². The number of carboxylic acids is 1. The fraction of sp³-hybridized carbons (Fsp3) is 0.500. The highest BCUT2D eigenvalue weighted by molar-refractivity contribution is 5.70. The largest absolute Gasteiger partial charge is 0.481 e. The second kappa shape index (κ2) is 7.19. The molecule has 0 aliphatic heterocycles. The van der Waals surface area contributed by atoms with Gasteiger partial charge in [0.15, 0.2) is 0 Å². The Hall–Kier alpha value is -1.93. The van der Waals surface area contributed by atoms with Gasteiger partial charge in [0.1, 0.15) is 5.82 Å². The van der Waals surface area contributed by atoms with Gasteiger partial charge in [-0.05, 0) is 49.1 Å². The van der Waals surface area contributed by atoms with Crippen molar-refractivity contribution in [2.45, 2.75) is 32.2 Å². The molecule has 0 bridgehead atoms. The third-order valence-electron chi connectivity index (χ3n) is 4.05. The third-order valence-corrected chi connectivity index (χ3v) is 4.05. The van der Waals surface area contributed by atoms with E-state index < -0.39 is 11.8 Å². The van der Waals surface area contributed by atoms with Crippen LogP contribution in [-0.4, -0.2) is 17.6 Å². The van der Waals surface area contributed by atoms with Gasteiger partial charge in [-0.25, -0.2) is 4.39 Å². The molecular weight excluding hydrogens is 271 g/mol. The molecule has 1 fully saturated rings. The van der Waals surface area contributed by atoms with Crippen LogP contribution in [0.2, 0.25) is 0 Å². The summed E-state index contributed by atoms with van der Waals surface area (Å²) in [6, 6.07) is 6.16. The minimum atomic E-state index is -0.723. The number of nitrogens with zero attached hydrogens (tertiary/aromatic N) is 1. The van der Waals surface area contributed by atoms with Crippen molar-refractivity contribution in [3.63, 3.8) is 0 Å². The van der Waals surface area contributed by atoms with Gasteiger partial charge < -0.3 is 10.4 Å². The molecule has 1 aromatic carbocycles. The van der Waals surface area contributed by atoms with E-state index in [9.17, 15) is 14.3 Å². The van der Waals surface area contributed by atoms with Crippen molar-refractivity contribution >= 4 is 5.97 Å². The Morgan fingerprint density at radius 1 is 1.38 bits per heavy atom. The molecule has 0 heterocycles. The number of carbonyl (C=O) groups is 1. The third kappa shape index (κ3) is 4.27. The zero-order valence-corrected chi connectivity index (χ0v) is 11.8. The lowest BCUT2D eigenvalue weighted by atomic mass is 9.79. The molecule has 112 valence electrons. The molecule has 1 aromatic rings. The predicted octanol–water partition coefficient (Wildman–Crippen LogP) is 2.68. The van der Waals surface area contributed by atoms with E-state index in [4.69, 9.17) is 5.26 Å². The quantitative estimate of drug-likeness (QED) is 0.874. The van der Waals surface area contributed by atoms with Crippen LogP contribution in [-0.2, 0) is 11.3 Å². The Morgan fingerprint density at radius 3 is 2.86 bits per heavy atom. The van der Waals surface area contributed by atoms with Crippen LogP contribution in [0.1, 0.15) is 36.8 Å². The first-order valence-electron chi connectivity index (χ1n) is 7.23. The van der Waals surface area contributed by atoms with Gasteiger partial charge in [-0.2, -0.15) is 5.26 Å². The molecule has 0 saturated heterocycles. The van der Waals surface area contributed by atoms with Crippen molar-refractivity contribution in [2.75, 3.05) is 6.54 Å². The predicted molar refractivity (Wildman–Crippen MR) is 75.9 cm³/mol. The summed E-state index contributed by atoms with van der Waals surface area (Å²) in [4.78, 5) is 11.2. The molecule has 2 atom stereocenters. The van der Waals surface area contributed by atoms with Crippen LogP contribution in [0.4, 0.5) is 4.39 Å². The molecular formula is C16H19FN2O2. The van der Waals surface area contributed by atoms with Gasteiger partial charge in [0.2, 0.25) is 0 Å². The normalized spacial score (nSPS) is 21.7. The summed E-state index contributed by atoms with van der Waals surface area (Å²) in [5, 5.41) is 21.2. The van der Waals surface area contributed by atoms with E-state index in [1.165, 1.54) is 12.1 Å². The Labute approximate surface area is 123 Å². The zero-order chi connectivity index (χ0) is 15.2. The lowest BCUT2D eigenvalue weighted by molar-refractivity contribution is -0.144. The smallest absolute Gasteiger partial charge is 0.306 e. The number of hydrogen-bond acceptors (Lipinski definition) is 3. The number of aliphatic carboxylic acids is 1. The molecule has 0 radical (unpaired) electrons. The second-order valence-corrected chi connectivity index (χ2v) is 5.58. The first-order chi connectivity index (χ1) is 10.1. The van der Waals surface area contributed by atoms with Gasteiger partial charge in [0, 0.05) is 6.54 Å². The average molecular weight is 290 g/mol. The number of nitriles is 1. The molecule has 1 aliphatic rings. The summed E-state index contributed by atoms with van der Waals surface area (Å²) in [6.45, 7) is 1.05. The van der Waals surface area contributed by atoms with Crippen LogP contribution in [0.15, 0.2) is 18.2 Å². The van der Waals surface area contributed by atoms with Crippen molar-refractivity contribution < 1.29 is 14.3 Å². The van der Waals surface area contributed by atoms with E-state index in [1.807, 2.05) is 6.07 Å². The van der Waals surface area contributed by atoms with Gasteiger partial charge in [0.25, 0.3) is 0 Å². The maximum atomic E-state index is 13.3. The number of carboxylic acid groups (broad SMARTS) is 1. The first kappa shape index (κ1) is 15.5. The van der Waals surface area contributed by atoms with Crippen molar-refractivity contribution in [1.29, 1.82) is 5.26 Å². The van der Waals surface area contributed by atoms with Crippen LogP contribution >= 0.6 is 0 Å². The number of hydrogen-bond donors (Lipinski definition) is 2. The van der Waals surface area contributed by atoms with E-state index in [1.54, 1.807) is 6.07 Å². The molecule has 4 nitrogen and oxygen atoms in total. The van der Waals surface area contributed by atoms with Crippen LogP contribution in [0.5, 0.6) is 0 Å². The second-order valence-electron chi connectivity index (χ2n) is 5.58. The Balaban J connectivity index is 1.90. The molecule has 2 N–H and O–H groups in total. The molecule has 2 unspecified atom stereocenters. The summed E-state index contributed by atoms with van der Waals surface area (Å²) in [6.07, 6.45) is 3.69. The standard InChI is InChI=1S/C16H19FN2O2/c17-14-6-11(8-18)5-12(7-14)9-19-10-13-3-1-2-4-15(13)16(20)21/h5-7,13,15,19H,1-4,9-10H2,(H,20,21). The summed E-state index contributed by atoms with van der Waals surface area (Å²) in [7, 11) is 0. The molecule has 5 heteroatoms. The van der Waals surface area contributed by atoms with E-state index >= 15 is 0 Å². The van der Waals surface area contributed by atoms with Gasteiger partial charge in [-0.15, -0.1) is 0 Å². The van der Waals surface area contributed by atoms with Gasteiger partial charge in [-0.3, -0.25) is 4.79 Å². The average Bonchev–Trinajstić information content (AvgIpc) is 2.47. The Bertz CT molecular complexity index is 554. The number of halogens is 1. The minimum absolute atomic E-state index is 0.125. The first-order valence-corrected chi connectivity index (χ1v) is 7.23. The number of benzene rings is 1. The van der Waals surface area contributed by atoms with Crippen molar-refractivity contribution in [3.8, 4) is 6.07 Å². The maximum Gasteiger partial charge on any atom is 0.306 e. The Kier molecular flexibility index (Phi) is 5.29. The van der Waals surface area contributed by atoms with Crippen LogP contribution in [0.25, 0.3) is 0 Å². The van der Waals surface area contributed by atoms with E-state index in [0.717, 1.165) is 25.7 Å². The van der Waals surface area contributed by atoms with Crippen molar-refractivity contribution in [2.24, 2.45) is 11.8 Å². The number of rotatable bonds is 5. The van der Waals surface area contributed by atoms with Gasteiger partial charge in [0.05, 0.1) is 17.6 Å². The molecule has 0 aromatic heterocycles. The monoisotopic (exact) mass is 290 g/mol. The molecule has 1 saturated carbocycles. The Morgan fingerprint density at radius 2 is 2.14 bits per heavy atom. The molecule has 2 rings (SSSR count). The van der Waals surface area contributed by atoms with Gasteiger partial charge in [-0.1, -0.05) is 12.8 Å². The van der Waals surface area contributed by atoms with Crippen LogP contribution in [0.3, 0.4) is 0 Å². The minimum Gasteiger partial charge on any atom is -0.481 e. The highest BCUT2D eigenvalue weighted by Crippen LogP contribution is 2.29. The van der Waals surface area contributed by atoms with Gasteiger partial charge >= 0.3 is 5.97 Å². The van der Waals surface area contributed by atoms with Crippen LogP contribution < -0.4 is 5.32 Å². The molecule has 0 amide bonds. The fourth-order valence-electron chi connectivity index (χ4n) is 3.00. The molecule has 1 aliphatic carbocycles. The van der Waals surface area contributed by atoms with E-state index in [0.29, 0.717) is 24.2 Å². The number of nitrogens with one attached hydrogen (secondary N) is 1. The zero-order valence-electron chi connectivity index (χ0n) is 11.8. The maximum absolute atomic E-state index is 13.3. The SMILES string of the molecule is N#Cc1cc(F)cc(CNCC2CCCCC2C(=O)O)c1.